The summed E-state index contributed by atoms with van der Waals surface area (Å²) in [4.78, 5) is 33.7. The Hall–Kier alpha value is -2.22. The summed E-state index contributed by atoms with van der Waals surface area (Å²) < 4.78 is 5.15. The molecule has 1 atom stereocenters. The van der Waals surface area contributed by atoms with E-state index < -0.39 is 22.8 Å². The van der Waals surface area contributed by atoms with Crippen molar-refractivity contribution < 1.29 is 19.2 Å². The molecule has 0 aliphatic heterocycles. The van der Waals surface area contributed by atoms with Crippen LogP contribution in [0.1, 0.15) is 12.0 Å². The Bertz CT molecular complexity index is 603. The number of rotatable bonds is 7. The van der Waals surface area contributed by atoms with E-state index in [0.29, 0.717) is 10.0 Å². The molecule has 1 aromatic carbocycles. The van der Waals surface area contributed by atoms with Crippen LogP contribution < -0.4 is 5.32 Å². The third kappa shape index (κ3) is 5.65. The minimum Gasteiger partial charge on any atom is -0.467 e. The number of nitro benzene ring substituents is 1. The molecule has 118 valence electrons. The molecule has 0 bridgehead atoms. The Morgan fingerprint density at radius 1 is 1.50 bits per heavy atom. The largest absolute Gasteiger partial charge is 0.467 e. The number of esters is 1. The molecule has 1 rings (SSSR count). The van der Waals surface area contributed by atoms with Crippen LogP contribution >= 0.6 is 15.9 Å². The van der Waals surface area contributed by atoms with Crippen molar-refractivity contribution in [3.05, 3.63) is 51.0 Å². The lowest BCUT2D eigenvalue weighted by Gasteiger charge is -2.16. The van der Waals surface area contributed by atoms with Gasteiger partial charge in [-0.05, 0) is 10.0 Å². The number of hydrogen-bond acceptors (Lipinski definition) is 5. The highest BCUT2D eigenvalue weighted by molar-refractivity contribution is 9.11. The van der Waals surface area contributed by atoms with Gasteiger partial charge < -0.3 is 10.1 Å². The van der Waals surface area contributed by atoms with Gasteiger partial charge in [-0.15, -0.1) is 0 Å². The molecule has 0 saturated heterocycles. The number of amides is 1. The van der Waals surface area contributed by atoms with Crippen molar-refractivity contribution >= 4 is 33.5 Å². The number of hydrogen-bond donors (Lipinski definition) is 1. The zero-order valence-corrected chi connectivity index (χ0v) is 13.5. The Balaban J connectivity index is 2.74. The number of halogens is 1. The minimum absolute atomic E-state index is 0.0794. The van der Waals surface area contributed by atoms with Gasteiger partial charge in [0.05, 0.1) is 18.5 Å². The highest BCUT2D eigenvalue weighted by Gasteiger charge is 2.22. The fraction of sp³-hybridized carbons (Fsp3) is 0.286. The highest BCUT2D eigenvalue weighted by Crippen LogP contribution is 2.14. The lowest BCUT2D eigenvalue weighted by molar-refractivity contribution is -0.384. The molecule has 1 amide bonds. The van der Waals surface area contributed by atoms with Crippen LogP contribution in [0.5, 0.6) is 0 Å². The van der Waals surface area contributed by atoms with Crippen LogP contribution in [-0.4, -0.2) is 30.0 Å². The van der Waals surface area contributed by atoms with Gasteiger partial charge >= 0.3 is 5.97 Å². The van der Waals surface area contributed by atoms with Crippen LogP contribution in [0.15, 0.2) is 35.3 Å². The molecule has 1 N–H and O–H groups in total. The third-order valence-electron chi connectivity index (χ3n) is 2.73. The quantitative estimate of drug-likeness (QED) is 0.450. The number of ether oxygens (including phenoxy) is 1. The lowest BCUT2D eigenvalue weighted by Crippen LogP contribution is -2.42. The molecule has 22 heavy (non-hydrogen) atoms. The average Bonchev–Trinajstić information content (AvgIpc) is 2.45. The summed E-state index contributed by atoms with van der Waals surface area (Å²) in [7, 11) is 1.22. The van der Waals surface area contributed by atoms with Crippen LogP contribution in [0, 0.1) is 10.1 Å². The summed E-state index contributed by atoms with van der Waals surface area (Å²) >= 11 is 3.13. The summed E-state index contributed by atoms with van der Waals surface area (Å²) in [6.45, 7) is 3.62. The maximum atomic E-state index is 12.0. The molecular formula is C14H15BrN2O5. The minimum atomic E-state index is -0.858. The first kappa shape index (κ1) is 17.8. The van der Waals surface area contributed by atoms with Crippen molar-refractivity contribution in [3.63, 3.8) is 0 Å². The Labute approximate surface area is 135 Å². The third-order valence-corrected chi connectivity index (χ3v) is 3.06. The number of benzene rings is 1. The van der Waals surface area contributed by atoms with E-state index in [2.05, 4.69) is 32.6 Å². The van der Waals surface area contributed by atoms with E-state index in [1.807, 2.05) is 0 Å². The van der Waals surface area contributed by atoms with Gasteiger partial charge in [0, 0.05) is 18.6 Å². The predicted molar refractivity (Wildman–Crippen MR) is 83.4 cm³/mol. The highest BCUT2D eigenvalue weighted by atomic mass is 79.9. The molecule has 0 aliphatic rings. The molecule has 0 spiro atoms. The van der Waals surface area contributed by atoms with Gasteiger partial charge in [-0.25, -0.2) is 4.79 Å². The molecule has 0 fully saturated rings. The molecule has 0 radical (unpaired) electrons. The molecule has 7 nitrogen and oxygen atoms in total. The number of nitrogens with zero attached hydrogens (tertiary/aromatic N) is 1. The van der Waals surface area contributed by atoms with Crippen LogP contribution in [0.3, 0.4) is 0 Å². The molecule has 1 aromatic rings. The number of methoxy groups -OCH3 is 1. The first-order valence-corrected chi connectivity index (χ1v) is 7.06. The number of nitrogens with one attached hydrogen (secondary N) is 1. The van der Waals surface area contributed by atoms with E-state index in [1.165, 1.54) is 25.3 Å². The summed E-state index contributed by atoms with van der Waals surface area (Å²) in [5.74, 6) is -1.03. The van der Waals surface area contributed by atoms with Gasteiger partial charge in [-0.2, -0.15) is 0 Å². The fourth-order valence-electron chi connectivity index (χ4n) is 1.77. The predicted octanol–water partition coefficient (Wildman–Crippen LogP) is 2.09. The first-order chi connectivity index (χ1) is 10.3. The molecule has 0 saturated carbocycles. The second-order valence-corrected chi connectivity index (χ2v) is 5.59. The Kier molecular flexibility index (Phi) is 6.71. The standard InChI is InChI=1S/C14H15BrN2O5/c1-9(15)6-12(14(19)22-2)16-13(18)8-10-4-3-5-11(7-10)17(20)21/h3-5,7,12H,1,6,8H2,2H3,(H,16,18)/t12-/m0/s1. The molecule has 8 heteroatoms. The Morgan fingerprint density at radius 2 is 2.18 bits per heavy atom. The smallest absolute Gasteiger partial charge is 0.328 e. The SMILES string of the molecule is C=C(Br)C[C@H](NC(=O)Cc1cccc([N+](=O)[O-])c1)C(=O)OC. The van der Waals surface area contributed by atoms with Crippen molar-refractivity contribution in [1.82, 2.24) is 5.32 Å². The fourth-order valence-corrected chi connectivity index (χ4v) is 2.09. The molecule has 0 aliphatic carbocycles. The van der Waals surface area contributed by atoms with Gasteiger partial charge in [0.2, 0.25) is 5.91 Å². The van der Waals surface area contributed by atoms with Crippen LogP contribution in [0.4, 0.5) is 5.69 Å². The second kappa shape index (κ2) is 8.28. The summed E-state index contributed by atoms with van der Waals surface area (Å²) in [5.41, 5.74) is 0.386. The van der Waals surface area contributed by atoms with Crippen molar-refractivity contribution in [2.45, 2.75) is 18.9 Å². The van der Waals surface area contributed by atoms with Gasteiger partial charge in [0.1, 0.15) is 6.04 Å². The molecule has 0 heterocycles. The average molecular weight is 371 g/mol. The van der Waals surface area contributed by atoms with E-state index in [-0.39, 0.29) is 18.5 Å². The summed E-state index contributed by atoms with van der Waals surface area (Å²) in [6.07, 6.45) is 0.108. The summed E-state index contributed by atoms with van der Waals surface area (Å²) in [6, 6.07) is 4.90. The Morgan fingerprint density at radius 3 is 2.73 bits per heavy atom. The van der Waals surface area contributed by atoms with E-state index in [4.69, 9.17) is 0 Å². The monoisotopic (exact) mass is 370 g/mol. The van der Waals surface area contributed by atoms with Crippen molar-refractivity contribution in [2.24, 2.45) is 0 Å². The zero-order chi connectivity index (χ0) is 16.7. The first-order valence-electron chi connectivity index (χ1n) is 6.27. The maximum absolute atomic E-state index is 12.0. The summed E-state index contributed by atoms with van der Waals surface area (Å²) in [5, 5.41) is 13.2. The number of nitro groups is 1. The zero-order valence-electron chi connectivity index (χ0n) is 11.9. The normalized spacial score (nSPS) is 11.4. The maximum Gasteiger partial charge on any atom is 0.328 e. The van der Waals surface area contributed by atoms with Crippen LogP contribution in [0.2, 0.25) is 0 Å². The van der Waals surface area contributed by atoms with Crippen molar-refractivity contribution in [1.29, 1.82) is 0 Å². The molecule has 0 aromatic heterocycles. The van der Waals surface area contributed by atoms with E-state index in [1.54, 1.807) is 6.07 Å². The van der Waals surface area contributed by atoms with Crippen molar-refractivity contribution in [3.8, 4) is 0 Å². The van der Waals surface area contributed by atoms with Crippen molar-refractivity contribution in [2.75, 3.05) is 7.11 Å². The van der Waals surface area contributed by atoms with Gasteiger partial charge in [0.25, 0.3) is 5.69 Å². The van der Waals surface area contributed by atoms with E-state index in [0.717, 1.165) is 0 Å². The molecular weight excluding hydrogens is 356 g/mol. The van der Waals surface area contributed by atoms with Gasteiger partial charge in [-0.1, -0.05) is 34.6 Å². The topological polar surface area (TPSA) is 98.5 Å². The molecule has 0 unspecified atom stereocenters. The van der Waals surface area contributed by atoms with Crippen LogP contribution in [0.25, 0.3) is 0 Å². The van der Waals surface area contributed by atoms with Gasteiger partial charge in [0.15, 0.2) is 0 Å². The van der Waals surface area contributed by atoms with Crippen LogP contribution in [-0.2, 0) is 20.7 Å². The number of non-ortho nitro benzene ring substituents is 1. The second-order valence-electron chi connectivity index (χ2n) is 4.47. The van der Waals surface area contributed by atoms with E-state index >= 15 is 0 Å². The number of carbonyl (C=O) groups is 2. The van der Waals surface area contributed by atoms with E-state index in [9.17, 15) is 19.7 Å². The number of carbonyl (C=O) groups excluding carboxylic acids is 2. The lowest BCUT2D eigenvalue weighted by atomic mass is 10.1. The van der Waals surface area contributed by atoms with Gasteiger partial charge in [-0.3, -0.25) is 14.9 Å².